The third kappa shape index (κ3) is 5.14. The highest BCUT2D eigenvalue weighted by Gasteiger charge is 2.31. The molecule has 2 unspecified atom stereocenters. The van der Waals surface area contributed by atoms with Crippen LogP contribution in [-0.2, 0) is 9.59 Å². The summed E-state index contributed by atoms with van der Waals surface area (Å²) in [5.74, 6) is -3.46. The molecule has 0 aromatic carbocycles. The number of hydrogen-bond donors (Lipinski definition) is 2. The fraction of sp³-hybridized carbons (Fsp3) is 0.833. The van der Waals surface area contributed by atoms with Crippen LogP contribution in [0.25, 0.3) is 0 Å². The Morgan fingerprint density at radius 2 is 1.50 bits per heavy atom. The van der Waals surface area contributed by atoms with Crippen LogP contribution >= 0.6 is 0 Å². The first-order valence-electron chi connectivity index (χ1n) is 6.00. The smallest absolute Gasteiger partial charge is 0.307 e. The van der Waals surface area contributed by atoms with Gasteiger partial charge in [-0.05, 0) is 12.8 Å². The highest BCUT2D eigenvalue weighted by Crippen LogP contribution is 2.23. The van der Waals surface area contributed by atoms with Gasteiger partial charge in [0.05, 0.1) is 11.8 Å². The van der Waals surface area contributed by atoms with Crippen LogP contribution in [0.4, 0.5) is 0 Å². The SMILES string of the molecule is CCCCCCC(C(=O)O)C(CC)C(=O)O. The second kappa shape index (κ2) is 8.13. The van der Waals surface area contributed by atoms with Crippen molar-refractivity contribution in [2.45, 2.75) is 52.4 Å². The zero-order valence-electron chi connectivity index (χ0n) is 10.1. The van der Waals surface area contributed by atoms with Crippen LogP contribution in [-0.4, -0.2) is 22.2 Å². The maximum atomic E-state index is 11.0. The van der Waals surface area contributed by atoms with E-state index in [-0.39, 0.29) is 0 Å². The summed E-state index contributed by atoms with van der Waals surface area (Å²) in [5.41, 5.74) is 0. The molecule has 4 heteroatoms. The topological polar surface area (TPSA) is 74.6 Å². The van der Waals surface area contributed by atoms with Crippen LogP contribution in [0.3, 0.4) is 0 Å². The summed E-state index contributed by atoms with van der Waals surface area (Å²) in [6, 6.07) is 0. The molecule has 0 spiro atoms. The van der Waals surface area contributed by atoms with Gasteiger partial charge in [-0.25, -0.2) is 0 Å². The molecule has 0 saturated heterocycles. The van der Waals surface area contributed by atoms with Crippen molar-refractivity contribution in [3.63, 3.8) is 0 Å². The van der Waals surface area contributed by atoms with Crippen LogP contribution in [0.15, 0.2) is 0 Å². The molecule has 0 fully saturated rings. The minimum Gasteiger partial charge on any atom is -0.481 e. The molecule has 16 heavy (non-hydrogen) atoms. The summed E-state index contributed by atoms with van der Waals surface area (Å²) in [5, 5.41) is 17.9. The Labute approximate surface area is 96.7 Å². The van der Waals surface area contributed by atoms with E-state index in [1.165, 1.54) is 0 Å². The van der Waals surface area contributed by atoms with Crippen molar-refractivity contribution < 1.29 is 19.8 Å². The number of carboxylic acid groups (broad SMARTS) is 2. The van der Waals surface area contributed by atoms with Crippen LogP contribution in [0.1, 0.15) is 52.4 Å². The highest BCUT2D eigenvalue weighted by atomic mass is 16.4. The van der Waals surface area contributed by atoms with Gasteiger partial charge in [0.15, 0.2) is 0 Å². The second-order valence-corrected chi connectivity index (χ2v) is 4.15. The predicted octanol–water partition coefficient (Wildman–Crippen LogP) is 2.77. The van der Waals surface area contributed by atoms with E-state index in [9.17, 15) is 9.59 Å². The van der Waals surface area contributed by atoms with Gasteiger partial charge in [-0.3, -0.25) is 9.59 Å². The number of hydrogen-bond acceptors (Lipinski definition) is 2. The summed E-state index contributed by atoms with van der Waals surface area (Å²) < 4.78 is 0. The summed E-state index contributed by atoms with van der Waals surface area (Å²) >= 11 is 0. The fourth-order valence-corrected chi connectivity index (χ4v) is 1.92. The molecule has 0 aromatic heterocycles. The maximum absolute atomic E-state index is 11.0. The third-order valence-electron chi connectivity index (χ3n) is 2.93. The van der Waals surface area contributed by atoms with Gasteiger partial charge >= 0.3 is 11.9 Å². The lowest BCUT2D eigenvalue weighted by atomic mass is 9.86. The molecule has 94 valence electrons. The lowest BCUT2D eigenvalue weighted by molar-refractivity contribution is -0.154. The number of aliphatic carboxylic acids is 2. The van der Waals surface area contributed by atoms with Crippen molar-refractivity contribution in [1.29, 1.82) is 0 Å². The number of carboxylic acids is 2. The Balaban J connectivity index is 4.25. The third-order valence-corrected chi connectivity index (χ3v) is 2.93. The summed E-state index contributed by atoms with van der Waals surface area (Å²) in [6.07, 6.45) is 4.80. The Kier molecular flexibility index (Phi) is 7.60. The Bertz CT molecular complexity index is 225. The van der Waals surface area contributed by atoms with Crippen LogP contribution in [0, 0.1) is 11.8 Å². The first kappa shape index (κ1) is 14.9. The molecule has 0 radical (unpaired) electrons. The van der Waals surface area contributed by atoms with Crippen molar-refractivity contribution in [2.24, 2.45) is 11.8 Å². The number of carbonyl (C=O) groups is 2. The van der Waals surface area contributed by atoms with Gasteiger partial charge in [-0.1, -0.05) is 39.5 Å². The molecular formula is C12H22O4. The molecule has 0 bridgehead atoms. The standard InChI is InChI=1S/C12H22O4/c1-3-5-6-7-8-10(12(15)16)9(4-2)11(13)14/h9-10H,3-8H2,1-2H3,(H,13,14)(H,15,16). The molecule has 2 atom stereocenters. The van der Waals surface area contributed by atoms with Crippen molar-refractivity contribution in [2.75, 3.05) is 0 Å². The average Bonchev–Trinajstić information content (AvgIpc) is 2.21. The summed E-state index contributed by atoms with van der Waals surface area (Å²) in [7, 11) is 0. The Hall–Kier alpha value is -1.06. The maximum Gasteiger partial charge on any atom is 0.307 e. The molecule has 4 nitrogen and oxygen atoms in total. The molecule has 0 aliphatic heterocycles. The molecule has 2 N–H and O–H groups in total. The van der Waals surface area contributed by atoms with Gasteiger partial charge in [0.2, 0.25) is 0 Å². The predicted molar refractivity (Wildman–Crippen MR) is 61.3 cm³/mol. The van der Waals surface area contributed by atoms with E-state index in [4.69, 9.17) is 10.2 Å². The second-order valence-electron chi connectivity index (χ2n) is 4.15. The van der Waals surface area contributed by atoms with Crippen molar-refractivity contribution in [3.05, 3.63) is 0 Å². The lowest BCUT2D eigenvalue weighted by Crippen LogP contribution is -2.29. The van der Waals surface area contributed by atoms with Gasteiger partial charge in [-0.15, -0.1) is 0 Å². The van der Waals surface area contributed by atoms with E-state index in [2.05, 4.69) is 6.92 Å². The van der Waals surface area contributed by atoms with E-state index in [0.717, 1.165) is 25.7 Å². The van der Waals surface area contributed by atoms with E-state index >= 15 is 0 Å². The number of unbranched alkanes of at least 4 members (excludes halogenated alkanes) is 3. The molecule has 0 aliphatic carbocycles. The molecule has 0 heterocycles. The van der Waals surface area contributed by atoms with Crippen LogP contribution < -0.4 is 0 Å². The van der Waals surface area contributed by atoms with Gasteiger partial charge in [-0.2, -0.15) is 0 Å². The Morgan fingerprint density at radius 3 is 1.88 bits per heavy atom. The summed E-state index contributed by atoms with van der Waals surface area (Å²) in [4.78, 5) is 21.9. The van der Waals surface area contributed by atoms with Crippen molar-refractivity contribution in [3.8, 4) is 0 Å². The normalized spacial score (nSPS) is 14.4. The Morgan fingerprint density at radius 1 is 0.938 bits per heavy atom. The average molecular weight is 230 g/mol. The lowest BCUT2D eigenvalue weighted by Gasteiger charge is -2.18. The van der Waals surface area contributed by atoms with E-state index in [1.807, 2.05) is 0 Å². The zero-order valence-corrected chi connectivity index (χ0v) is 10.1. The van der Waals surface area contributed by atoms with Gasteiger partial charge in [0.1, 0.15) is 0 Å². The van der Waals surface area contributed by atoms with E-state index < -0.39 is 23.8 Å². The fourth-order valence-electron chi connectivity index (χ4n) is 1.92. The zero-order chi connectivity index (χ0) is 12.6. The van der Waals surface area contributed by atoms with Crippen LogP contribution in [0.5, 0.6) is 0 Å². The minimum absolute atomic E-state index is 0.375. The first-order chi connectivity index (χ1) is 7.54. The number of rotatable bonds is 9. The van der Waals surface area contributed by atoms with Gasteiger partial charge in [0.25, 0.3) is 0 Å². The molecular weight excluding hydrogens is 208 g/mol. The molecule has 0 aliphatic rings. The molecule has 0 saturated carbocycles. The van der Waals surface area contributed by atoms with Crippen molar-refractivity contribution >= 4 is 11.9 Å². The molecule has 0 amide bonds. The largest absolute Gasteiger partial charge is 0.481 e. The van der Waals surface area contributed by atoms with Gasteiger partial charge < -0.3 is 10.2 Å². The van der Waals surface area contributed by atoms with E-state index in [0.29, 0.717) is 12.8 Å². The molecule has 0 rings (SSSR count). The summed E-state index contributed by atoms with van der Waals surface area (Å²) in [6.45, 7) is 3.81. The quantitative estimate of drug-likeness (QED) is 0.597. The molecule has 0 aromatic rings. The highest BCUT2D eigenvalue weighted by molar-refractivity contribution is 5.79. The van der Waals surface area contributed by atoms with Crippen molar-refractivity contribution in [1.82, 2.24) is 0 Å². The van der Waals surface area contributed by atoms with Gasteiger partial charge in [0, 0.05) is 0 Å². The monoisotopic (exact) mass is 230 g/mol. The van der Waals surface area contributed by atoms with Crippen LogP contribution in [0.2, 0.25) is 0 Å². The van der Waals surface area contributed by atoms with E-state index in [1.54, 1.807) is 6.92 Å². The minimum atomic E-state index is -0.995. The first-order valence-corrected chi connectivity index (χ1v) is 6.00.